The maximum Gasteiger partial charge on any atom is 0.305 e. The number of hydrogen-bond acceptors (Lipinski definition) is 2. The van der Waals surface area contributed by atoms with E-state index in [9.17, 15) is 14.3 Å². The first-order valence-corrected chi connectivity index (χ1v) is 6.75. The van der Waals surface area contributed by atoms with Gasteiger partial charge in [-0.05, 0) is 50.6 Å². The lowest BCUT2D eigenvalue weighted by atomic mass is 9.85. The minimum absolute atomic E-state index is 0.00352. The summed E-state index contributed by atoms with van der Waals surface area (Å²) in [5.41, 5.74) is 0.116. The van der Waals surface area contributed by atoms with Crippen LogP contribution < -0.4 is 0 Å². The monoisotopic (exact) mass is 265 g/mol. The van der Waals surface area contributed by atoms with Crippen molar-refractivity contribution in [2.45, 2.75) is 38.1 Å². The Balaban J connectivity index is 2.35. The number of hydrogen-bond donors (Lipinski definition) is 1. The van der Waals surface area contributed by atoms with E-state index in [2.05, 4.69) is 4.90 Å². The Morgan fingerprint density at radius 3 is 2.63 bits per heavy atom. The summed E-state index contributed by atoms with van der Waals surface area (Å²) < 4.78 is 13.4. The molecule has 0 bridgehead atoms. The summed E-state index contributed by atoms with van der Waals surface area (Å²) in [5, 5.41) is 9.19. The molecule has 1 aromatic carbocycles. The first-order valence-electron chi connectivity index (χ1n) is 6.75. The first-order chi connectivity index (χ1) is 9.02. The molecule has 2 rings (SSSR count). The average molecular weight is 265 g/mol. The summed E-state index contributed by atoms with van der Waals surface area (Å²) in [5.74, 6) is -1.16. The second-order valence-electron chi connectivity index (χ2n) is 5.40. The van der Waals surface area contributed by atoms with Gasteiger partial charge in [0.05, 0.1) is 12.0 Å². The molecule has 0 spiro atoms. The van der Waals surface area contributed by atoms with Crippen LogP contribution in [0.5, 0.6) is 0 Å². The second-order valence-corrected chi connectivity index (χ2v) is 5.40. The molecule has 0 radical (unpaired) electrons. The Morgan fingerprint density at radius 1 is 1.37 bits per heavy atom. The van der Waals surface area contributed by atoms with E-state index < -0.39 is 11.5 Å². The van der Waals surface area contributed by atoms with Crippen LogP contribution in [0.2, 0.25) is 0 Å². The fourth-order valence-electron chi connectivity index (χ4n) is 2.90. The number of nitrogens with zero attached hydrogens (tertiary/aromatic N) is 1. The van der Waals surface area contributed by atoms with Gasteiger partial charge in [0.15, 0.2) is 0 Å². The van der Waals surface area contributed by atoms with Crippen molar-refractivity contribution >= 4 is 5.97 Å². The molecule has 3 nitrogen and oxygen atoms in total. The van der Waals surface area contributed by atoms with Gasteiger partial charge in [0.25, 0.3) is 0 Å². The molecule has 1 aromatic rings. The molecule has 1 unspecified atom stereocenters. The molecule has 1 fully saturated rings. The van der Waals surface area contributed by atoms with Gasteiger partial charge in [0.1, 0.15) is 5.82 Å². The Kier molecular flexibility index (Phi) is 4.20. The number of carboxylic acid groups (broad SMARTS) is 1. The standard InChI is InChI=1S/C15H20FNO2/c1-15(11-14(18)19,17-8-3-2-4-9-17)12-6-5-7-13(16)10-12/h5-7,10H,2-4,8-9,11H2,1H3,(H,18,19). The maximum atomic E-state index is 13.4. The zero-order valence-electron chi connectivity index (χ0n) is 11.2. The molecule has 1 heterocycles. The van der Waals surface area contributed by atoms with Crippen molar-refractivity contribution in [2.24, 2.45) is 0 Å². The van der Waals surface area contributed by atoms with E-state index in [0.717, 1.165) is 31.5 Å². The molecule has 4 heteroatoms. The number of halogens is 1. The van der Waals surface area contributed by atoms with Crippen LogP contribution in [0.4, 0.5) is 4.39 Å². The van der Waals surface area contributed by atoms with Gasteiger partial charge in [-0.2, -0.15) is 0 Å². The third-order valence-corrected chi connectivity index (χ3v) is 4.00. The van der Waals surface area contributed by atoms with E-state index in [0.29, 0.717) is 0 Å². The van der Waals surface area contributed by atoms with Gasteiger partial charge in [0.2, 0.25) is 0 Å². The van der Waals surface area contributed by atoms with Gasteiger partial charge in [-0.1, -0.05) is 18.6 Å². The van der Waals surface area contributed by atoms with Gasteiger partial charge in [0, 0.05) is 0 Å². The molecule has 19 heavy (non-hydrogen) atoms. The molecular weight excluding hydrogens is 245 g/mol. The Morgan fingerprint density at radius 2 is 2.05 bits per heavy atom. The zero-order chi connectivity index (χ0) is 13.9. The largest absolute Gasteiger partial charge is 0.481 e. The molecule has 1 saturated heterocycles. The topological polar surface area (TPSA) is 40.5 Å². The molecule has 1 atom stereocenters. The van der Waals surface area contributed by atoms with Crippen molar-refractivity contribution in [1.29, 1.82) is 0 Å². The van der Waals surface area contributed by atoms with E-state index in [1.165, 1.54) is 18.6 Å². The second kappa shape index (κ2) is 5.70. The summed E-state index contributed by atoms with van der Waals surface area (Å²) in [7, 11) is 0. The Hall–Kier alpha value is -1.42. The third-order valence-electron chi connectivity index (χ3n) is 4.00. The Bertz CT molecular complexity index is 457. The number of carbonyl (C=O) groups is 1. The molecule has 104 valence electrons. The minimum atomic E-state index is -0.850. The fraction of sp³-hybridized carbons (Fsp3) is 0.533. The summed E-state index contributed by atoms with van der Waals surface area (Å²) in [6, 6.07) is 6.31. The molecule has 0 aromatic heterocycles. The van der Waals surface area contributed by atoms with Crippen molar-refractivity contribution < 1.29 is 14.3 Å². The van der Waals surface area contributed by atoms with E-state index in [1.54, 1.807) is 6.07 Å². The van der Waals surface area contributed by atoms with Crippen LogP contribution >= 0.6 is 0 Å². The SMILES string of the molecule is CC(CC(=O)O)(c1cccc(F)c1)N1CCCCC1. The van der Waals surface area contributed by atoms with E-state index in [1.807, 2.05) is 13.0 Å². The predicted octanol–water partition coefficient (Wildman–Crippen LogP) is 3.00. The van der Waals surface area contributed by atoms with Crippen molar-refractivity contribution in [1.82, 2.24) is 4.90 Å². The highest BCUT2D eigenvalue weighted by atomic mass is 19.1. The lowest BCUT2D eigenvalue weighted by Crippen LogP contribution is -2.47. The Labute approximate surface area is 113 Å². The number of likely N-dealkylation sites (tertiary alicyclic amines) is 1. The number of rotatable bonds is 4. The van der Waals surface area contributed by atoms with Gasteiger partial charge >= 0.3 is 5.97 Å². The smallest absolute Gasteiger partial charge is 0.305 e. The molecule has 1 aliphatic heterocycles. The van der Waals surface area contributed by atoms with Crippen molar-refractivity contribution in [3.8, 4) is 0 Å². The highest BCUT2D eigenvalue weighted by molar-refractivity contribution is 5.68. The third kappa shape index (κ3) is 3.13. The molecular formula is C15H20FNO2. The highest BCUT2D eigenvalue weighted by Crippen LogP contribution is 2.34. The predicted molar refractivity (Wildman–Crippen MR) is 71.4 cm³/mol. The van der Waals surface area contributed by atoms with E-state index in [4.69, 9.17) is 0 Å². The number of carboxylic acids is 1. The van der Waals surface area contributed by atoms with Crippen molar-refractivity contribution in [3.05, 3.63) is 35.6 Å². The summed E-state index contributed by atoms with van der Waals surface area (Å²) in [4.78, 5) is 13.4. The van der Waals surface area contributed by atoms with E-state index in [-0.39, 0.29) is 12.2 Å². The van der Waals surface area contributed by atoms with Gasteiger partial charge < -0.3 is 5.11 Å². The van der Waals surface area contributed by atoms with Gasteiger partial charge in [-0.15, -0.1) is 0 Å². The minimum Gasteiger partial charge on any atom is -0.481 e. The number of piperidine rings is 1. The van der Waals surface area contributed by atoms with Crippen LogP contribution in [0.3, 0.4) is 0 Å². The summed E-state index contributed by atoms with van der Waals surface area (Å²) in [6.07, 6.45) is 3.33. The number of benzene rings is 1. The first kappa shape index (κ1) is 14.0. The van der Waals surface area contributed by atoms with Crippen LogP contribution in [-0.2, 0) is 10.3 Å². The quantitative estimate of drug-likeness (QED) is 0.909. The molecule has 0 saturated carbocycles. The average Bonchev–Trinajstić information content (AvgIpc) is 2.39. The van der Waals surface area contributed by atoms with Crippen molar-refractivity contribution in [2.75, 3.05) is 13.1 Å². The summed E-state index contributed by atoms with van der Waals surface area (Å²) >= 11 is 0. The molecule has 0 amide bonds. The van der Waals surface area contributed by atoms with Crippen LogP contribution in [0, 0.1) is 5.82 Å². The normalized spacial score (nSPS) is 19.9. The maximum absolute atomic E-state index is 13.4. The lowest BCUT2D eigenvalue weighted by Gasteiger charge is -2.43. The van der Waals surface area contributed by atoms with E-state index >= 15 is 0 Å². The molecule has 1 N–H and O–H groups in total. The van der Waals surface area contributed by atoms with Crippen molar-refractivity contribution in [3.63, 3.8) is 0 Å². The van der Waals surface area contributed by atoms with Crippen LogP contribution in [-0.4, -0.2) is 29.1 Å². The van der Waals surface area contributed by atoms with Crippen LogP contribution in [0.25, 0.3) is 0 Å². The number of aliphatic carboxylic acids is 1. The van der Waals surface area contributed by atoms with Gasteiger partial charge in [-0.3, -0.25) is 9.69 Å². The zero-order valence-corrected chi connectivity index (χ0v) is 11.2. The van der Waals surface area contributed by atoms with Crippen LogP contribution in [0.15, 0.2) is 24.3 Å². The van der Waals surface area contributed by atoms with Crippen LogP contribution in [0.1, 0.15) is 38.2 Å². The molecule has 0 aliphatic carbocycles. The highest BCUT2D eigenvalue weighted by Gasteiger charge is 2.36. The van der Waals surface area contributed by atoms with Gasteiger partial charge in [-0.25, -0.2) is 4.39 Å². The fourth-order valence-corrected chi connectivity index (χ4v) is 2.90. The molecule has 1 aliphatic rings. The summed E-state index contributed by atoms with van der Waals surface area (Å²) in [6.45, 7) is 3.65. The lowest BCUT2D eigenvalue weighted by molar-refractivity contribution is -0.140.